The van der Waals surface area contributed by atoms with E-state index in [0.29, 0.717) is 13.0 Å². The van der Waals surface area contributed by atoms with E-state index in [0.717, 1.165) is 31.4 Å². The Labute approximate surface area is 121 Å². The molecule has 0 radical (unpaired) electrons. The lowest BCUT2D eigenvalue weighted by Crippen LogP contribution is -2.36. The summed E-state index contributed by atoms with van der Waals surface area (Å²) in [6, 6.07) is 1.73. The molecule has 1 fully saturated rings. The predicted octanol–water partition coefficient (Wildman–Crippen LogP) is 3.25. The fourth-order valence-electron chi connectivity index (χ4n) is 2.51. The van der Waals surface area contributed by atoms with Gasteiger partial charge in [-0.25, -0.2) is 4.98 Å². The van der Waals surface area contributed by atoms with E-state index in [9.17, 15) is 18.3 Å². The van der Waals surface area contributed by atoms with Crippen molar-refractivity contribution in [1.29, 1.82) is 0 Å². The third-order valence-electron chi connectivity index (χ3n) is 3.57. The molecular weight excluding hydrogens is 283 g/mol. The van der Waals surface area contributed by atoms with Gasteiger partial charge in [-0.3, -0.25) is 0 Å². The summed E-state index contributed by atoms with van der Waals surface area (Å²) in [6.07, 6.45) is -1.68. The molecular formula is C14H20F3N3O. The van der Waals surface area contributed by atoms with Gasteiger partial charge in [-0.2, -0.15) is 13.2 Å². The van der Waals surface area contributed by atoms with Crippen LogP contribution in [0.15, 0.2) is 12.1 Å². The lowest BCUT2D eigenvalue weighted by Gasteiger charge is -2.29. The molecule has 1 aromatic rings. The van der Waals surface area contributed by atoms with Crippen molar-refractivity contribution in [1.82, 2.24) is 4.98 Å². The second-order valence-electron chi connectivity index (χ2n) is 5.26. The van der Waals surface area contributed by atoms with E-state index >= 15 is 0 Å². The number of aromatic nitrogens is 1. The van der Waals surface area contributed by atoms with Gasteiger partial charge in [0.05, 0.1) is 17.7 Å². The van der Waals surface area contributed by atoms with Crippen LogP contribution in [0, 0.1) is 0 Å². The van der Waals surface area contributed by atoms with Gasteiger partial charge in [0.1, 0.15) is 11.6 Å². The molecule has 4 nitrogen and oxygen atoms in total. The zero-order valence-corrected chi connectivity index (χ0v) is 11.9. The van der Waals surface area contributed by atoms with Crippen LogP contribution in [-0.2, 0) is 6.18 Å². The second kappa shape index (κ2) is 6.51. The lowest BCUT2D eigenvalue weighted by atomic mass is 9.92. The summed E-state index contributed by atoms with van der Waals surface area (Å²) in [5, 5.41) is 15.6. The molecule has 0 amide bonds. The third-order valence-corrected chi connectivity index (χ3v) is 3.57. The molecule has 0 spiro atoms. The standard InChI is InChI=1S/C14H20F3N3O/c1-2-18-12-7-9(14(15,16)17)8-13(20-12)19-10-5-3-4-6-11(10)21/h7-8,10-11,21H,2-6H2,1H3,(H2,18,19,20). The molecule has 0 aromatic carbocycles. The van der Waals surface area contributed by atoms with Crippen molar-refractivity contribution in [2.75, 3.05) is 17.2 Å². The van der Waals surface area contributed by atoms with Gasteiger partial charge >= 0.3 is 6.18 Å². The summed E-state index contributed by atoms with van der Waals surface area (Å²) in [5.41, 5.74) is -0.749. The maximum atomic E-state index is 12.9. The van der Waals surface area contributed by atoms with Crippen LogP contribution in [0.25, 0.3) is 0 Å². The molecule has 0 saturated heterocycles. The van der Waals surface area contributed by atoms with Crippen molar-refractivity contribution >= 4 is 11.6 Å². The molecule has 21 heavy (non-hydrogen) atoms. The number of hydrogen-bond donors (Lipinski definition) is 3. The topological polar surface area (TPSA) is 57.2 Å². The van der Waals surface area contributed by atoms with E-state index in [4.69, 9.17) is 0 Å². The molecule has 1 aromatic heterocycles. The van der Waals surface area contributed by atoms with Crippen molar-refractivity contribution < 1.29 is 18.3 Å². The van der Waals surface area contributed by atoms with E-state index < -0.39 is 17.8 Å². The quantitative estimate of drug-likeness (QED) is 0.799. The van der Waals surface area contributed by atoms with Gasteiger partial charge in [-0.05, 0) is 31.9 Å². The Morgan fingerprint density at radius 1 is 1.24 bits per heavy atom. The first-order chi connectivity index (χ1) is 9.90. The van der Waals surface area contributed by atoms with Crippen molar-refractivity contribution in [2.24, 2.45) is 0 Å². The minimum Gasteiger partial charge on any atom is -0.391 e. The summed E-state index contributed by atoms with van der Waals surface area (Å²) in [5.74, 6) is 0.326. The highest BCUT2D eigenvalue weighted by molar-refractivity contribution is 5.50. The molecule has 3 N–H and O–H groups in total. The largest absolute Gasteiger partial charge is 0.416 e. The Morgan fingerprint density at radius 2 is 1.90 bits per heavy atom. The Morgan fingerprint density at radius 3 is 2.52 bits per heavy atom. The number of alkyl halides is 3. The molecule has 2 rings (SSSR count). The maximum Gasteiger partial charge on any atom is 0.416 e. The Balaban J connectivity index is 2.22. The van der Waals surface area contributed by atoms with E-state index in [2.05, 4.69) is 15.6 Å². The average Bonchev–Trinajstić information content (AvgIpc) is 2.41. The molecule has 2 atom stereocenters. The van der Waals surface area contributed by atoms with E-state index in [1.807, 2.05) is 0 Å². The highest BCUT2D eigenvalue weighted by Crippen LogP contribution is 2.32. The molecule has 1 aliphatic rings. The Hall–Kier alpha value is -1.50. The summed E-state index contributed by atoms with van der Waals surface area (Å²) in [7, 11) is 0. The summed E-state index contributed by atoms with van der Waals surface area (Å²) >= 11 is 0. The number of aliphatic hydroxyl groups is 1. The highest BCUT2D eigenvalue weighted by Gasteiger charge is 2.32. The minimum absolute atomic E-state index is 0.145. The highest BCUT2D eigenvalue weighted by atomic mass is 19.4. The van der Waals surface area contributed by atoms with Crippen molar-refractivity contribution in [2.45, 2.75) is 50.9 Å². The van der Waals surface area contributed by atoms with Gasteiger partial charge in [0.25, 0.3) is 0 Å². The van der Waals surface area contributed by atoms with E-state index in [1.165, 1.54) is 0 Å². The minimum atomic E-state index is -4.42. The second-order valence-corrected chi connectivity index (χ2v) is 5.26. The summed E-state index contributed by atoms with van der Waals surface area (Å²) in [6.45, 7) is 2.28. The van der Waals surface area contributed by atoms with Crippen LogP contribution in [0.4, 0.5) is 24.8 Å². The fraction of sp³-hybridized carbons (Fsp3) is 0.643. The van der Waals surface area contributed by atoms with Crippen LogP contribution in [0.1, 0.15) is 38.2 Å². The molecule has 2 unspecified atom stereocenters. The SMILES string of the molecule is CCNc1cc(C(F)(F)F)cc(NC2CCCCC2O)n1. The molecule has 7 heteroatoms. The summed E-state index contributed by atoms with van der Waals surface area (Å²) < 4.78 is 38.7. The van der Waals surface area contributed by atoms with Crippen molar-refractivity contribution in [3.63, 3.8) is 0 Å². The molecule has 1 heterocycles. The monoisotopic (exact) mass is 303 g/mol. The number of halogens is 3. The van der Waals surface area contributed by atoms with Crippen LogP contribution in [0.3, 0.4) is 0 Å². The molecule has 0 bridgehead atoms. The maximum absolute atomic E-state index is 12.9. The normalized spacial score (nSPS) is 22.9. The molecule has 1 aliphatic carbocycles. The first kappa shape index (κ1) is 15.9. The zero-order chi connectivity index (χ0) is 15.5. The molecule has 1 saturated carbocycles. The van der Waals surface area contributed by atoms with Crippen LogP contribution < -0.4 is 10.6 Å². The number of nitrogens with one attached hydrogen (secondary N) is 2. The molecule has 0 aliphatic heterocycles. The van der Waals surface area contributed by atoms with Gasteiger partial charge in [0, 0.05) is 6.54 Å². The van der Waals surface area contributed by atoms with Crippen LogP contribution in [0.5, 0.6) is 0 Å². The predicted molar refractivity (Wildman–Crippen MR) is 75.3 cm³/mol. The van der Waals surface area contributed by atoms with Crippen LogP contribution in [-0.4, -0.2) is 28.8 Å². The number of aliphatic hydroxyl groups excluding tert-OH is 1. The van der Waals surface area contributed by atoms with Crippen molar-refractivity contribution in [3.05, 3.63) is 17.7 Å². The van der Waals surface area contributed by atoms with Gasteiger partial charge in [-0.15, -0.1) is 0 Å². The smallest absolute Gasteiger partial charge is 0.391 e. The number of pyridine rings is 1. The Kier molecular flexibility index (Phi) is 4.92. The fourth-order valence-corrected chi connectivity index (χ4v) is 2.51. The number of hydrogen-bond acceptors (Lipinski definition) is 4. The van der Waals surface area contributed by atoms with Gasteiger partial charge in [-0.1, -0.05) is 12.8 Å². The van der Waals surface area contributed by atoms with Gasteiger partial charge in [0.15, 0.2) is 0 Å². The van der Waals surface area contributed by atoms with Crippen LogP contribution >= 0.6 is 0 Å². The van der Waals surface area contributed by atoms with E-state index in [-0.39, 0.29) is 17.7 Å². The van der Waals surface area contributed by atoms with Gasteiger partial charge in [0.2, 0.25) is 0 Å². The number of anilines is 2. The first-order valence-corrected chi connectivity index (χ1v) is 7.18. The lowest BCUT2D eigenvalue weighted by molar-refractivity contribution is -0.137. The Bertz CT molecular complexity index is 479. The third kappa shape index (κ3) is 4.23. The average molecular weight is 303 g/mol. The van der Waals surface area contributed by atoms with Gasteiger partial charge < -0.3 is 15.7 Å². The number of nitrogens with zero attached hydrogens (tertiary/aromatic N) is 1. The van der Waals surface area contributed by atoms with Crippen molar-refractivity contribution in [3.8, 4) is 0 Å². The number of rotatable bonds is 4. The van der Waals surface area contributed by atoms with E-state index in [1.54, 1.807) is 6.92 Å². The summed E-state index contributed by atoms with van der Waals surface area (Å²) in [4.78, 5) is 4.13. The zero-order valence-electron chi connectivity index (χ0n) is 11.9. The first-order valence-electron chi connectivity index (χ1n) is 7.18. The molecule has 118 valence electrons. The van der Waals surface area contributed by atoms with Crippen LogP contribution in [0.2, 0.25) is 0 Å².